The van der Waals surface area contributed by atoms with Crippen molar-refractivity contribution in [3.63, 3.8) is 0 Å². The second-order valence-electron chi connectivity index (χ2n) is 1.96. The number of rotatable bonds is 4. The van der Waals surface area contributed by atoms with Crippen molar-refractivity contribution in [1.29, 1.82) is 0 Å². The average Bonchev–Trinajstić information content (AvgIpc) is 1.87. The average molecular weight is 173 g/mol. The van der Waals surface area contributed by atoms with E-state index in [9.17, 15) is 9.36 Å². The van der Waals surface area contributed by atoms with Crippen LogP contribution < -0.4 is 0 Å². The topological polar surface area (TPSA) is 43.4 Å². The summed E-state index contributed by atoms with van der Waals surface area (Å²) >= 11 is 0. The van der Waals surface area contributed by atoms with Crippen LogP contribution in [0.2, 0.25) is 0 Å². The van der Waals surface area contributed by atoms with E-state index < -0.39 is 14.0 Å². The molecule has 0 rings (SSSR count). The zero-order valence-corrected chi connectivity index (χ0v) is 7.27. The molecule has 0 bridgehead atoms. The summed E-state index contributed by atoms with van der Waals surface area (Å²) in [4.78, 5) is 10.7. The molecule has 1 unspecified atom stereocenters. The van der Waals surface area contributed by atoms with Crippen molar-refractivity contribution in [2.24, 2.45) is 0 Å². The fourth-order valence-electron chi connectivity index (χ4n) is 0.313. The highest BCUT2D eigenvalue weighted by Crippen LogP contribution is 2.22. The van der Waals surface area contributed by atoms with Crippen molar-refractivity contribution < 1.29 is 13.9 Å². The first-order valence-corrected chi connectivity index (χ1v) is 4.37. The standard InChI is InChI=1S/C7H10O3P/c1-4-5-11(9)10-7(8)6(2)3/h4H,1-2,5H2,3H3/q+1. The van der Waals surface area contributed by atoms with Gasteiger partial charge < -0.3 is 0 Å². The molecule has 0 saturated carbocycles. The predicted octanol–water partition coefficient (Wildman–Crippen LogP) is 2.03. The summed E-state index contributed by atoms with van der Waals surface area (Å²) in [5.74, 6) is -0.618. The van der Waals surface area contributed by atoms with Crippen molar-refractivity contribution in [2.75, 3.05) is 6.16 Å². The molecule has 1 atom stereocenters. The Hall–Kier alpha value is -0.950. The molecule has 0 aliphatic rings. The molecule has 0 aromatic carbocycles. The Morgan fingerprint density at radius 3 is 2.64 bits per heavy atom. The fourth-order valence-corrected chi connectivity index (χ4v) is 0.939. The zero-order valence-electron chi connectivity index (χ0n) is 6.37. The molecule has 3 nitrogen and oxygen atoms in total. The van der Waals surface area contributed by atoms with E-state index in [0.29, 0.717) is 0 Å². The number of hydrogen-bond donors (Lipinski definition) is 0. The molecule has 0 aliphatic heterocycles. The lowest BCUT2D eigenvalue weighted by atomic mass is 10.4. The van der Waals surface area contributed by atoms with E-state index in [1.807, 2.05) is 0 Å². The first-order valence-electron chi connectivity index (χ1n) is 3.01. The van der Waals surface area contributed by atoms with Crippen LogP contribution in [-0.4, -0.2) is 12.1 Å². The number of allylic oxidation sites excluding steroid dienone is 1. The van der Waals surface area contributed by atoms with Crippen LogP contribution in [0, 0.1) is 0 Å². The largest absolute Gasteiger partial charge is 0.563 e. The van der Waals surface area contributed by atoms with Gasteiger partial charge in [0.05, 0.1) is 0 Å². The maximum atomic E-state index is 10.8. The van der Waals surface area contributed by atoms with E-state index in [1.54, 1.807) is 0 Å². The number of hydrogen-bond acceptors (Lipinski definition) is 3. The van der Waals surface area contributed by atoms with Gasteiger partial charge in [-0.05, 0) is 17.6 Å². The van der Waals surface area contributed by atoms with Gasteiger partial charge in [-0.25, -0.2) is 9.32 Å². The normalized spacial score (nSPS) is 10.1. The van der Waals surface area contributed by atoms with Gasteiger partial charge >= 0.3 is 14.0 Å². The van der Waals surface area contributed by atoms with Crippen LogP contribution in [0.3, 0.4) is 0 Å². The minimum absolute atomic E-state index is 0.189. The van der Waals surface area contributed by atoms with Gasteiger partial charge in [-0.2, -0.15) is 0 Å². The van der Waals surface area contributed by atoms with Gasteiger partial charge in [0.25, 0.3) is 0 Å². The van der Waals surface area contributed by atoms with Gasteiger partial charge in [-0.15, -0.1) is 0 Å². The molecule has 0 aromatic heterocycles. The highest BCUT2D eigenvalue weighted by Gasteiger charge is 2.20. The molecular formula is C7H10O3P+. The molecule has 0 amide bonds. The van der Waals surface area contributed by atoms with E-state index in [1.165, 1.54) is 13.0 Å². The Kier molecular flexibility index (Phi) is 4.39. The highest BCUT2D eigenvalue weighted by atomic mass is 31.1. The summed E-state index contributed by atoms with van der Waals surface area (Å²) in [5.41, 5.74) is 0.248. The first-order chi connectivity index (χ1) is 5.07. The Morgan fingerprint density at radius 2 is 2.27 bits per heavy atom. The number of carbonyl (C=O) groups excluding carboxylic acids is 1. The monoisotopic (exact) mass is 173 g/mol. The predicted molar refractivity (Wildman–Crippen MR) is 43.6 cm³/mol. The lowest BCUT2D eigenvalue weighted by Crippen LogP contribution is -1.98. The zero-order chi connectivity index (χ0) is 8.85. The SMILES string of the molecule is C=CC[P+](=O)OC(=O)C(=C)C. The highest BCUT2D eigenvalue weighted by molar-refractivity contribution is 7.40. The maximum absolute atomic E-state index is 10.8. The molecule has 0 N–H and O–H groups in total. The minimum atomic E-state index is -1.93. The molecular weight excluding hydrogens is 163 g/mol. The molecule has 0 heterocycles. The van der Waals surface area contributed by atoms with Crippen LogP contribution in [0.1, 0.15) is 6.92 Å². The third kappa shape index (κ3) is 4.45. The fraction of sp³-hybridized carbons (Fsp3) is 0.286. The van der Waals surface area contributed by atoms with Crippen molar-refractivity contribution in [2.45, 2.75) is 6.92 Å². The van der Waals surface area contributed by atoms with Crippen LogP contribution in [0.15, 0.2) is 24.8 Å². The minimum Gasteiger partial charge on any atom is -0.241 e. The molecule has 0 spiro atoms. The molecule has 0 saturated heterocycles. The maximum Gasteiger partial charge on any atom is 0.563 e. The molecule has 0 aromatic rings. The van der Waals surface area contributed by atoms with Crippen LogP contribution in [0.25, 0.3) is 0 Å². The summed E-state index contributed by atoms with van der Waals surface area (Å²) in [6.45, 7) is 8.19. The Bertz CT molecular complexity index is 208. The van der Waals surface area contributed by atoms with Gasteiger partial charge in [0.1, 0.15) is 0 Å². The molecule has 0 radical (unpaired) electrons. The van der Waals surface area contributed by atoms with E-state index in [4.69, 9.17) is 0 Å². The molecule has 11 heavy (non-hydrogen) atoms. The van der Waals surface area contributed by atoms with Crippen molar-refractivity contribution in [3.05, 3.63) is 24.8 Å². The van der Waals surface area contributed by atoms with Crippen molar-refractivity contribution in [1.82, 2.24) is 0 Å². The summed E-state index contributed by atoms with van der Waals surface area (Å²) in [7, 11) is -1.93. The van der Waals surface area contributed by atoms with Gasteiger partial charge in [0.15, 0.2) is 0 Å². The summed E-state index contributed by atoms with van der Waals surface area (Å²) in [5, 5.41) is 0. The van der Waals surface area contributed by atoms with Gasteiger partial charge in [0.2, 0.25) is 6.16 Å². The summed E-state index contributed by atoms with van der Waals surface area (Å²) in [6, 6.07) is 0. The van der Waals surface area contributed by atoms with E-state index in [-0.39, 0.29) is 11.7 Å². The van der Waals surface area contributed by atoms with Crippen molar-refractivity contribution in [3.8, 4) is 0 Å². The second kappa shape index (κ2) is 4.80. The summed E-state index contributed by atoms with van der Waals surface area (Å²) in [6.07, 6.45) is 1.62. The smallest absolute Gasteiger partial charge is 0.241 e. The van der Waals surface area contributed by atoms with Crippen LogP contribution in [-0.2, 0) is 13.9 Å². The lowest BCUT2D eigenvalue weighted by Gasteiger charge is -1.87. The van der Waals surface area contributed by atoms with Gasteiger partial charge in [-0.3, -0.25) is 0 Å². The molecule has 0 fully saturated rings. The van der Waals surface area contributed by atoms with E-state index in [0.717, 1.165) is 0 Å². The van der Waals surface area contributed by atoms with Crippen LogP contribution >= 0.6 is 8.03 Å². The van der Waals surface area contributed by atoms with Gasteiger partial charge in [-0.1, -0.05) is 13.2 Å². The van der Waals surface area contributed by atoms with Crippen LogP contribution in [0.4, 0.5) is 0 Å². The Labute approximate surface area is 66.6 Å². The Morgan fingerprint density at radius 1 is 1.73 bits per heavy atom. The molecule has 60 valence electrons. The first kappa shape index (κ1) is 10.0. The Balaban J connectivity index is 3.85. The third-order valence-corrected chi connectivity index (χ3v) is 1.74. The second-order valence-corrected chi connectivity index (χ2v) is 3.18. The van der Waals surface area contributed by atoms with E-state index >= 15 is 0 Å². The van der Waals surface area contributed by atoms with Gasteiger partial charge in [0, 0.05) is 5.57 Å². The molecule has 0 aliphatic carbocycles. The molecule has 4 heteroatoms. The van der Waals surface area contributed by atoms with Crippen molar-refractivity contribution >= 4 is 14.0 Å². The van der Waals surface area contributed by atoms with Crippen LogP contribution in [0.5, 0.6) is 0 Å². The summed E-state index contributed by atoms with van der Waals surface area (Å²) < 4.78 is 15.2. The quantitative estimate of drug-likeness (QED) is 0.371. The van der Waals surface area contributed by atoms with E-state index in [2.05, 4.69) is 17.7 Å². The third-order valence-electron chi connectivity index (χ3n) is 0.811. The lowest BCUT2D eigenvalue weighted by molar-refractivity contribution is -0.129. The number of carbonyl (C=O) groups is 1.